The van der Waals surface area contributed by atoms with E-state index in [9.17, 15) is 4.79 Å². The normalized spacial score (nSPS) is 10.5. The smallest absolute Gasteiger partial charge is 0.361 e. The number of ether oxygens (including phenoxy) is 1. The Morgan fingerprint density at radius 3 is 2.62 bits per heavy atom. The predicted octanol–water partition coefficient (Wildman–Crippen LogP) is 3.14. The number of amides is 2. The number of anilines is 1. The van der Waals surface area contributed by atoms with Gasteiger partial charge in [-0.3, -0.25) is 0 Å². The van der Waals surface area contributed by atoms with E-state index >= 15 is 0 Å². The molecule has 0 radical (unpaired) electrons. The monoisotopic (exact) mass is 332 g/mol. The largest absolute Gasteiger partial charge is 0.422 e. The van der Waals surface area contributed by atoms with Gasteiger partial charge >= 0.3 is 12.0 Å². The summed E-state index contributed by atoms with van der Waals surface area (Å²) in [5.74, 6) is 0.586. The van der Waals surface area contributed by atoms with E-state index in [0.29, 0.717) is 11.4 Å². The number of hydrogen-bond donors (Lipinski definition) is 1. The van der Waals surface area contributed by atoms with Crippen LogP contribution in [0.5, 0.6) is 11.8 Å². The van der Waals surface area contributed by atoms with E-state index in [1.165, 1.54) is 17.7 Å². The number of aromatic nitrogens is 4. The van der Waals surface area contributed by atoms with Crippen LogP contribution in [0.2, 0.25) is 0 Å². The van der Waals surface area contributed by atoms with Crippen molar-refractivity contribution in [1.82, 2.24) is 25.1 Å². The molecule has 0 aliphatic carbocycles. The van der Waals surface area contributed by atoms with E-state index in [4.69, 9.17) is 4.74 Å². The molecule has 8 nitrogen and oxygen atoms in total. The summed E-state index contributed by atoms with van der Waals surface area (Å²) in [5, 5.41) is 14.8. The highest BCUT2D eigenvalue weighted by Gasteiger charge is 2.07. The fourth-order valence-electron chi connectivity index (χ4n) is 1.99. The van der Waals surface area contributed by atoms with Gasteiger partial charge in [0.2, 0.25) is 0 Å². The molecule has 130 valence electrons. The van der Waals surface area contributed by atoms with Crippen LogP contribution in [0.15, 0.2) is 24.3 Å². The minimum Gasteiger partial charge on any atom is -0.422 e. The lowest BCUT2D eigenvalue weighted by Gasteiger charge is -2.12. The quantitative estimate of drug-likeness (QED) is 0.751. The van der Waals surface area contributed by atoms with Gasteiger partial charge in [-0.05, 0) is 35.9 Å². The molecule has 0 aliphatic rings. The third kappa shape index (κ3) is 5.53. The first kappa shape index (κ1) is 17.7. The van der Waals surface area contributed by atoms with Crippen molar-refractivity contribution in [3.63, 3.8) is 0 Å². The molecule has 2 rings (SSSR count). The van der Waals surface area contributed by atoms with E-state index < -0.39 is 0 Å². The summed E-state index contributed by atoms with van der Waals surface area (Å²) in [6, 6.07) is 7.03. The fourth-order valence-corrected chi connectivity index (χ4v) is 1.99. The van der Waals surface area contributed by atoms with Gasteiger partial charge in [0.1, 0.15) is 5.75 Å². The van der Waals surface area contributed by atoms with Crippen molar-refractivity contribution < 1.29 is 9.53 Å². The Balaban J connectivity index is 1.85. The summed E-state index contributed by atoms with van der Waals surface area (Å²) in [6.45, 7) is 2.92. The van der Waals surface area contributed by atoms with Crippen molar-refractivity contribution in [2.24, 2.45) is 0 Å². The van der Waals surface area contributed by atoms with Crippen LogP contribution in [0.3, 0.4) is 0 Å². The molecule has 1 N–H and O–H groups in total. The summed E-state index contributed by atoms with van der Waals surface area (Å²) in [5.41, 5.74) is 0.689. The van der Waals surface area contributed by atoms with Gasteiger partial charge in [-0.2, -0.15) is 4.80 Å². The summed E-state index contributed by atoms with van der Waals surface area (Å²) in [4.78, 5) is 14.6. The Bertz CT molecular complexity index is 638. The molecule has 0 bridgehead atoms. The summed E-state index contributed by atoms with van der Waals surface area (Å²) in [6.07, 6.45) is 4.61. The molecule has 1 aromatic heterocycles. The van der Waals surface area contributed by atoms with E-state index in [1.807, 2.05) is 0 Å². The molecule has 0 spiro atoms. The lowest BCUT2D eigenvalue weighted by atomic mass is 10.2. The Hall–Kier alpha value is -2.64. The van der Waals surface area contributed by atoms with Crippen LogP contribution in [-0.2, 0) is 6.54 Å². The third-order valence-electron chi connectivity index (χ3n) is 3.37. The van der Waals surface area contributed by atoms with E-state index in [-0.39, 0.29) is 12.0 Å². The Morgan fingerprint density at radius 1 is 1.21 bits per heavy atom. The number of tetrazole rings is 1. The van der Waals surface area contributed by atoms with Crippen LogP contribution in [0.4, 0.5) is 10.5 Å². The number of unbranched alkanes of at least 4 members (excludes halogenated alkanes) is 3. The maximum atomic E-state index is 11.6. The van der Waals surface area contributed by atoms with Crippen molar-refractivity contribution >= 4 is 11.7 Å². The average Bonchev–Trinajstić information content (AvgIpc) is 3.01. The summed E-state index contributed by atoms with van der Waals surface area (Å²) < 4.78 is 5.57. The number of nitrogens with zero attached hydrogens (tertiary/aromatic N) is 5. The average molecular weight is 332 g/mol. The topological polar surface area (TPSA) is 85.2 Å². The molecule has 0 unspecified atom stereocenters. The lowest BCUT2D eigenvalue weighted by Crippen LogP contribution is -2.27. The first-order valence-corrected chi connectivity index (χ1v) is 8.12. The Labute approximate surface area is 141 Å². The first-order chi connectivity index (χ1) is 11.6. The lowest BCUT2D eigenvalue weighted by molar-refractivity contribution is 0.230. The second-order valence-corrected chi connectivity index (χ2v) is 5.68. The number of hydrogen-bond acceptors (Lipinski definition) is 5. The molecule has 2 amide bonds. The van der Waals surface area contributed by atoms with Crippen LogP contribution in [0.25, 0.3) is 0 Å². The molecule has 1 heterocycles. The van der Waals surface area contributed by atoms with Gasteiger partial charge in [-0.25, -0.2) is 4.79 Å². The number of aryl methyl sites for hydroxylation is 1. The molecule has 0 saturated carbocycles. The van der Waals surface area contributed by atoms with Crippen molar-refractivity contribution in [2.75, 3.05) is 19.4 Å². The molecule has 8 heteroatoms. The van der Waals surface area contributed by atoms with Gasteiger partial charge < -0.3 is 15.0 Å². The third-order valence-corrected chi connectivity index (χ3v) is 3.37. The van der Waals surface area contributed by atoms with Gasteiger partial charge in [0.05, 0.1) is 6.54 Å². The van der Waals surface area contributed by atoms with Gasteiger partial charge in [-0.1, -0.05) is 36.4 Å². The number of urea groups is 1. The second kappa shape index (κ2) is 8.85. The number of rotatable bonds is 8. The molecular formula is C16H24N6O2. The molecule has 0 aliphatic heterocycles. The first-order valence-electron chi connectivity index (χ1n) is 8.12. The highest BCUT2D eigenvalue weighted by Crippen LogP contribution is 2.20. The maximum Gasteiger partial charge on any atom is 0.361 e. The standard InChI is InChI=1S/C16H24N6O2/c1-4-5-6-7-12-22-19-15(18-20-22)24-14-10-8-13(9-11-14)17-16(23)21(2)3/h8-11H,4-7,12H2,1-3H3,(H,17,23). The van der Waals surface area contributed by atoms with Gasteiger partial charge in [-0.15, -0.1) is 0 Å². The molecule has 24 heavy (non-hydrogen) atoms. The predicted molar refractivity (Wildman–Crippen MR) is 91.2 cm³/mol. The zero-order chi connectivity index (χ0) is 17.4. The number of carbonyl (C=O) groups is 1. The molecule has 1 aromatic carbocycles. The molecule has 0 atom stereocenters. The minimum atomic E-state index is -0.184. The van der Waals surface area contributed by atoms with E-state index in [0.717, 1.165) is 19.4 Å². The van der Waals surface area contributed by atoms with Gasteiger partial charge in [0.25, 0.3) is 0 Å². The number of benzene rings is 1. The van der Waals surface area contributed by atoms with Crippen molar-refractivity contribution in [3.8, 4) is 11.8 Å². The van der Waals surface area contributed by atoms with Crippen molar-refractivity contribution in [3.05, 3.63) is 24.3 Å². The highest BCUT2D eigenvalue weighted by molar-refractivity contribution is 5.88. The number of carbonyl (C=O) groups excluding carboxylic acids is 1. The number of nitrogens with one attached hydrogen (secondary N) is 1. The maximum absolute atomic E-state index is 11.6. The molecule has 0 fully saturated rings. The fraction of sp³-hybridized carbons (Fsp3) is 0.500. The molecule has 0 saturated heterocycles. The van der Waals surface area contributed by atoms with Gasteiger partial charge in [0.15, 0.2) is 0 Å². The zero-order valence-corrected chi connectivity index (χ0v) is 14.4. The second-order valence-electron chi connectivity index (χ2n) is 5.68. The SMILES string of the molecule is CCCCCCn1nnc(Oc2ccc(NC(=O)N(C)C)cc2)n1. The summed E-state index contributed by atoms with van der Waals surface area (Å²) in [7, 11) is 3.37. The zero-order valence-electron chi connectivity index (χ0n) is 14.4. The molecular weight excluding hydrogens is 308 g/mol. The highest BCUT2D eigenvalue weighted by atomic mass is 16.5. The van der Waals surface area contributed by atoms with Crippen molar-refractivity contribution in [1.29, 1.82) is 0 Å². The van der Waals surface area contributed by atoms with Gasteiger partial charge in [0, 0.05) is 19.8 Å². The van der Waals surface area contributed by atoms with Crippen LogP contribution >= 0.6 is 0 Å². The van der Waals surface area contributed by atoms with E-state index in [2.05, 4.69) is 27.7 Å². The minimum absolute atomic E-state index is 0.184. The van der Waals surface area contributed by atoms with Crippen molar-refractivity contribution in [2.45, 2.75) is 39.2 Å². The Morgan fingerprint density at radius 2 is 1.96 bits per heavy atom. The Kier molecular flexibility index (Phi) is 6.53. The van der Waals surface area contributed by atoms with Crippen LogP contribution in [0.1, 0.15) is 32.6 Å². The van der Waals surface area contributed by atoms with Crippen LogP contribution in [-0.4, -0.2) is 45.2 Å². The molecule has 2 aromatic rings. The van der Waals surface area contributed by atoms with Crippen LogP contribution in [0, 0.1) is 0 Å². The van der Waals surface area contributed by atoms with E-state index in [1.54, 1.807) is 43.2 Å². The summed E-state index contributed by atoms with van der Waals surface area (Å²) >= 11 is 0. The van der Waals surface area contributed by atoms with Crippen LogP contribution < -0.4 is 10.1 Å².